The van der Waals surface area contributed by atoms with Gasteiger partial charge in [0.2, 0.25) is 0 Å². The van der Waals surface area contributed by atoms with Gasteiger partial charge in [-0.25, -0.2) is 4.99 Å². The van der Waals surface area contributed by atoms with E-state index >= 15 is 0 Å². The largest absolute Gasteiger partial charge is 0.484 e. The number of rotatable bonds is 6. The van der Waals surface area contributed by atoms with Gasteiger partial charge >= 0.3 is 0 Å². The van der Waals surface area contributed by atoms with Crippen LogP contribution in [0.3, 0.4) is 0 Å². The number of aliphatic imine (C=N–C) groups is 1. The number of nitrogens with one attached hydrogen (secondary N) is 1. The summed E-state index contributed by atoms with van der Waals surface area (Å²) in [5.74, 6) is 0.983. The Balaban J connectivity index is 0.00000441. The fourth-order valence-corrected chi connectivity index (χ4v) is 1.53. The normalized spacial score (nSPS) is 10.9. The Kier molecular flexibility index (Phi) is 9.55. The third-order valence-electron chi connectivity index (χ3n) is 2.63. The lowest BCUT2D eigenvalue weighted by atomic mass is 10.2. The second kappa shape index (κ2) is 10.3. The molecule has 6 nitrogen and oxygen atoms in total. The van der Waals surface area contributed by atoms with Gasteiger partial charge < -0.3 is 20.7 Å². The minimum Gasteiger partial charge on any atom is -0.484 e. The number of benzene rings is 1. The first-order valence-electron chi connectivity index (χ1n) is 6.87. The van der Waals surface area contributed by atoms with Crippen LogP contribution in [0, 0.1) is 0 Å². The zero-order valence-corrected chi connectivity index (χ0v) is 15.8. The van der Waals surface area contributed by atoms with Gasteiger partial charge in [-0.15, -0.1) is 24.0 Å². The first-order chi connectivity index (χ1) is 9.88. The van der Waals surface area contributed by atoms with Crippen LogP contribution < -0.4 is 15.8 Å². The number of nitrogens with zero attached hydrogens (tertiary/aromatic N) is 2. The lowest BCUT2D eigenvalue weighted by molar-refractivity contribution is -0.130. The monoisotopic (exact) mass is 420 g/mol. The molecule has 0 bridgehead atoms. The van der Waals surface area contributed by atoms with E-state index in [1.807, 2.05) is 38.1 Å². The Hall–Kier alpha value is -1.51. The van der Waals surface area contributed by atoms with E-state index in [4.69, 9.17) is 10.5 Å². The highest BCUT2D eigenvalue weighted by Gasteiger charge is 2.05. The molecule has 3 N–H and O–H groups in total. The highest BCUT2D eigenvalue weighted by atomic mass is 127. The molecule has 124 valence electrons. The van der Waals surface area contributed by atoms with Crippen molar-refractivity contribution in [2.24, 2.45) is 10.7 Å². The average molecular weight is 420 g/mol. The first kappa shape index (κ1) is 20.5. The summed E-state index contributed by atoms with van der Waals surface area (Å²) in [4.78, 5) is 17.2. The number of nitrogens with two attached hydrogens (primary N) is 1. The molecule has 22 heavy (non-hydrogen) atoms. The molecule has 7 heteroatoms. The maximum atomic E-state index is 11.5. The molecule has 0 heterocycles. The molecular formula is C15H25IN4O2. The highest BCUT2D eigenvalue weighted by Crippen LogP contribution is 2.14. The Morgan fingerprint density at radius 2 is 2.09 bits per heavy atom. The molecule has 0 aliphatic carbocycles. The second-order valence-corrected chi connectivity index (χ2v) is 5.22. The van der Waals surface area contributed by atoms with Crippen LogP contribution in [0.25, 0.3) is 0 Å². The van der Waals surface area contributed by atoms with Crippen LogP contribution in [0.5, 0.6) is 5.75 Å². The van der Waals surface area contributed by atoms with Crippen molar-refractivity contribution in [3.8, 4) is 5.75 Å². The van der Waals surface area contributed by atoms with E-state index in [2.05, 4.69) is 10.3 Å². The maximum absolute atomic E-state index is 11.5. The zero-order chi connectivity index (χ0) is 15.8. The van der Waals surface area contributed by atoms with Crippen LogP contribution in [0.4, 0.5) is 0 Å². The quantitative estimate of drug-likeness (QED) is 0.416. The van der Waals surface area contributed by atoms with Crippen molar-refractivity contribution < 1.29 is 9.53 Å². The van der Waals surface area contributed by atoms with Gasteiger partial charge in [0.15, 0.2) is 12.6 Å². The van der Waals surface area contributed by atoms with Gasteiger partial charge in [-0.2, -0.15) is 0 Å². The van der Waals surface area contributed by atoms with Gasteiger partial charge in [0.1, 0.15) is 5.75 Å². The molecule has 0 spiro atoms. The molecule has 0 unspecified atom stereocenters. The summed E-state index contributed by atoms with van der Waals surface area (Å²) in [5, 5.41) is 3.03. The topological polar surface area (TPSA) is 80.0 Å². The van der Waals surface area contributed by atoms with E-state index in [0.717, 1.165) is 5.56 Å². The highest BCUT2D eigenvalue weighted by molar-refractivity contribution is 14.0. The zero-order valence-electron chi connectivity index (χ0n) is 13.5. The van der Waals surface area contributed by atoms with Crippen LogP contribution in [-0.4, -0.2) is 43.5 Å². The number of ether oxygens (including phenoxy) is 1. The summed E-state index contributed by atoms with van der Waals surface area (Å²) >= 11 is 0. The van der Waals surface area contributed by atoms with Gasteiger partial charge in [-0.3, -0.25) is 4.79 Å². The van der Waals surface area contributed by atoms with Crippen molar-refractivity contribution in [2.75, 3.05) is 20.7 Å². The van der Waals surface area contributed by atoms with Crippen molar-refractivity contribution in [3.05, 3.63) is 29.8 Å². The van der Waals surface area contributed by atoms with E-state index in [0.29, 0.717) is 18.3 Å². The molecule has 0 atom stereocenters. The predicted octanol–water partition coefficient (Wildman–Crippen LogP) is 1.58. The molecule has 0 aromatic heterocycles. The van der Waals surface area contributed by atoms with Crippen molar-refractivity contribution in [2.45, 2.75) is 26.4 Å². The van der Waals surface area contributed by atoms with E-state index < -0.39 is 0 Å². The number of halogens is 1. The van der Waals surface area contributed by atoms with Crippen molar-refractivity contribution in [1.29, 1.82) is 0 Å². The van der Waals surface area contributed by atoms with Gasteiger partial charge in [0.05, 0.1) is 6.54 Å². The summed E-state index contributed by atoms with van der Waals surface area (Å²) < 4.78 is 5.45. The fourth-order valence-electron chi connectivity index (χ4n) is 1.53. The molecule has 0 saturated heterocycles. The van der Waals surface area contributed by atoms with Crippen LogP contribution in [0.1, 0.15) is 19.4 Å². The van der Waals surface area contributed by atoms with E-state index in [1.54, 1.807) is 14.1 Å². The molecule has 1 amide bonds. The van der Waals surface area contributed by atoms with Gasteiger partial charge in [0.25, 0.3) is 5.91 Å². The third kappa shape index (κ3) is 8.06. The molecule has 0 aliphatic rings. The Bertz CT molecular complexity index is 504. The number of carbonyl (C=O) groups is 1. The Morgan fingerprint density at radius 3 is 2.68 bits per heavy atom. The number of likely N-dealkylation sites (N-methyl/N-ethyl adjacent to an activating group) is 1. The van der Waals surface area contributed by atoms with E-state index in [9.17, 15) is 4.79 Å². The van der Waals surface area contributed by atoms with Gasteiger partial charge in [-0.1, -0.05) is 12.1 Å². The second-order valence-electron chi connectivity index (χ2n) is 5.22. The van der Waals surface area contributed by atoms with Crippen LogP contribution in [-0.2, 0) is 11.3 Å². The summed E-state index contributed by atoms with van der Waals surface area (Å²) in [6.45, 7) is 4.48. The maximum Gasteiger partial charge on any atom is 0.259 e. The molecular weight excluding hydrogens is 395 g/mol. The SMILES string of the molecule is CC(C)NC(N)=NCc1cccc(OCC(=O)N(C)C)c1.I. The minimum absolute atomic E-state index is 0. The van der Waals surface area contributed by atoms with Crippen molar-refractivity contribution in [3.63, 3.8) is 0 Å². The van der Waals surface area contributed by atoms with Crippen molar-refractivity contribution >= 4 is 35.8 Å². The predicted molar refractivity (Wildman–Crippen MR) is 99.6 cm³/mol. The van der Waals surface area contributed by atoms with E-state index in [1.165, 1.54) is 4.90 Å². The Morgan fingerprint density at radius 1 is 1.41 bits per heavy atom. The van der Waals surface area contributed by atoms with E-state index in [-0.39, 0.29) is 42.5 Å². The van der Waals surface area contributed by atoms with Crippen LogP contribution in [0.2, 0.25) is 0 Å². The molecule has 0 saturated carbocycles. The smallest absolute Gasteiger partial charge is 0.259 e. The lowest BCUT2D eigenvalue weighted by Gasteiger charge is -2.12. The average Bonchev–Trinajstić information content (AvgIpc) is 2.42. The minimum atomic E-state index is -0.0798. The number of hydrogen-bond acceptors (Lipinski definition) is 3. The summed E-state index contributed by atoms with van der Waals surface area (Å²) in [7, 11) is 3.39. The summed E-state index contributed by atoms with van der Waals surface area (Å²) in [5.41, 5.74) is 6.72. The fraction of sp³-hybridized carbons (Fsp3) is 0.467. The first-order valence-corrected chi connectivity index (χ1v) is 6.87. The molecule has 1 aromatic rings. The lowest BCUT2D eigenvalue weighted by Crippen LogP contribution is -2.36. The molecule has 0 aliphatic heterocycles. The molecule has 0 fully saturated rings. The van der Waals surface area contributed by atoms with Crippen LogP contribution in [0.15, 0.2) is 29.3 Å². The number of hydrogen-bond donors (Lipinski definition) is 2. The summed E-state index contributed by atoms with van der Waals surface area (Å²) in [6, 6.07) is 7.72. The Labute approximate surface area is 149 Å². The summed E-state index contributed by atoms with van der Waals surface area (Å²) in [6.07, 6.45) is 0. The molecule has 0 radical (unpaired) electrons. The van der Waals surface area contributed by atoms with Crippen LogP contribution >= 0.6 is 24.0 Å². The third-order valence-corrected chi connectivity index (χ3v) is 2.63. The number of guanidine groups is 1. The van der Waals surface area contributed by atoms with Gasteiger partial charge in [0, 0.05) is 20.1 Å². The molecule has 1 aromatic carbocycles. The number of carbonyl (C=O) groups excluding carboxylic acids is 1. The number of amides is 1. The van der Waals surface area contributed by atoms with Gasteiger partial charge in [-0.05, 0) is 31.5 Å². The standard InChI is InChI=1S/C15H24N4O2.HI/c1-11(2)18-15(16)17-9-12-6-5-7-13(8-12)21-10-14(20)19(3)4;/h5-8,11H,9-10H2,1-4H3,(H3,16,17,18);1H. The van der Waals surface area contributed by atoms with Crippen molar-refractivity contribution in [1.82, 2.24) is 10.2 Å². The molecule has 1 rings (SSSR count).